The predicted octanol–water partition coefficient (Wildman–Crippen LogP) is 1.92. The Bertz CT molecular complexity index is 551. The smallest absolute Gasteiger partial charge is 0.263 e. The van der Waals surface area contributed by atoms with Gasteiger partial charge in [-0.3, -0.25) is 4.79 Å². The van der Waals surface area contributed by atoms with Gasteiger partial charge in [-0.1, -0.05) is 32.0 Å². The first kappa shape index (κ1) is 14.0. The fourth-order valence-electron chi connectivity index (χ4n) is 1.56. The standard InChI is InChI=1S/C14H18N4O2/c1-10(2)12(19)15-8-9-16-14-17-13(20-18-14)11-6-4-3-5-7-11/h3-7,10H,8-9H2,1-2H3,(H,15,19)(H,16,18). The highest BCUT2D eigenvalue weighted by molar-refractivity contribution is 5.77. The molecule has 1 amide bonds. The van der Waals surface area contributed by atoms with Crippen molar-refractivity contribution in [3.8, 4) is 11.5 Å². The Hall–Kier alpha value is -2.37. The van der Waals surface area contributed by atoms with Crippen LogP contribution in [0.3, 0.4) is 0 Å². The normalized spacial score (nSPS) is 10.6. The van der Waals surface area contributed by atoms with E-state index in [1.54, 1.807) is 0 Å². The highest BCUT2D eigenvalue weighted by Crippen LogP contribution is 2.17. The molecule has 0 aliphatic heterocycles. The van der Waals surface area contributed by atoms with Gasteiger partial charge in [0.2, 0.25) is 5.91 Å². The summed E-state index contributed by atoms with van der Waals surface area (Å²) in [6, 6.07) is 9.55. The number of hydrogen-bond donors (Lipinski definition) is 2. The molecule has 0 radical (unpaired) electrons. The van der Waals surface area contributed by atoms with E-state index in [1.807, 2.05) is 44.2 Å². The van der Waals surface area contributed by atoms with E-state index in [2.05, 4.69) is 20.8 Å². The van der Waals surface area contributed by atoms with Crippen molar-refractivity contribution in [3.63, 3.8) is 0 Å². The van der Waals surface area contributed by atoms with Crippen molar-refractivity contribution in [1.29, 1.82) is 0 Å². The average Bonchev–Trinajstić information content (AvgIpc) is 2.93. The molecule has 6 nitrogen and oxygen atoms in total. The second kappa shape index (κ2) is 6.70. The van der Waals surface area contributed by atoms with E-state index in [9.17, 15) is 4.79 Å². The van der Waals surface area contributed by atoms with Crippen LogP contribution in [0.15, 0.2) is 34.9 Å². The Morgan fingerprint density at radius 1 is 1.25 bits per heavy atom. The van der Waals surface area contributed by atoms with E-state index in [1.165, 1.54) is 0 Å². The topological polar surface area (TPSA) is 80.0 Å². The highest BCUT2D eigenvalue weighted by atomic mass is 16.5. The number of aromatic nitrogens is 2. The molecule has 0 bridgehead atoms. The summed E-state index contributed by atoms with van der Waals surface area (Å²) < 4.78 is 5.16. The second-order valence-electron chi connectivity index (χ2n) is 4.66. The zero-order valence-corrected chi connectivity index (χ0v) is 11.6. The largest absolute Gasteiger partial charge is 0.354 e. The van der Waals surface area contributed by atoms with Crippen molar-refractivity contribution in [1.82, 2.24) is 15.5 Å². The van der Waals surface area contributed by atoms with Crippen LogP contribution in [0.2, 0.25) is 0 Å². The molecule has 2 rings (SSSR count). The first-order valence-electron chi connectivity index (χ1n) is 6.57. The van der Waals surface area contributed by atoms with Crippen LogP contribution >= 0.6 is 0 Å². The van der Waals surface area contributed by atoms with Crippen molar-refractivity contribution in [3.05, 3.63) is 30.3 Å². The van der Waals surface area contributed by atoms with Crippen molar-refractivity contribution in [2.75, 3.05) is 18.4 Å². The molecule has 0 saturated heterocycles. The third kappa shape index (κ3) is 3.81. The van der Waals surface area contributed by atoms with Gasteiger partial charge in [0.05, 0.1) is 0 Å². The fourth-order valence-corrected chi connectivity index (χ4v) is 1.56. The lowest BCUT2D eigenvalue weighted by Crippen LogP contribution is -2.32. The Morgan fingerprint density at radius 2 is 2.00 bits per heavy atom. The minimum atomic E-state index is -0.00939. The van der Waals surface area contributed by atoms with Crippen molar-refractivity contribution in [2.45, 2.75) is 13.8 Å². The third-order valence-electron chi connectivity index (χ3n) is 2.68. The van der Waals surface area contributed by atoms with Gasteiger partial charge in [-0.05, 0) is 17.3 Å². The molecule has 1 aromatic heterocycles. The fraction of sp³-hybridized carbons (Fsp3) is 0.357. The lowest BCUT2D eigenvalue weighted by atomic mass is 10.2. The molecule has 0 fully saturated rings. The molecule has 0 atom stereocenters. The van der Waals surface area contributed by atoms with Crippen LogP contribution in [-0.4, -0.2) is 29.1 Å². The SMILES string of the molecule is CC(C)C(=O)NCCNc1noc(-c2ccccc2)n1. The molecule has 0 unspecified atom stereocenters. The number of carbonyl (C=O) groups is 1. The lowest BCUT2D eigenvalue weighted by molar-refractivity contribution is -0.123. The van der Waals surface area contributed by atoms with Crippen molar-refractivity contribution < 1.29 is 9.32 Å². The third-order valence-corrected chi connectivity index (χ3v) is 2.68. The highest BCUT2D eigenvalue weighted by Gasteiger charge is 2.08. The quantitative estimate of drug-likeness (QED) is 0.787. The number of nitrogens with one attached hydrogen (secondary N) is 2. The van der Waals surface area contributed by atoms with Gasteiger partial charge in [0.1, 0.15) is 0 Å². The molecule has 20 heavy (non-hydrogen) atoms. The predicted molar refractivity (Wildman–Crippen MR) is 76.1 cm³/mol. The van der Waals surface area contributed by atoms with Gasteiger partial charge in [0.25, 0.3) is 11.8 Å². The van der Waals surface area contributed by atoms with Crippen LogP contribution in [-0.2, 0) is 4.79 Å². The second-order valence-corrected chi connectivity index (χ2v) is 4.66. The summed E-state index contributed by atoms with van der Waals surface area (Å²) in [6.45, 7) is 4.78. The number of amides is 1. The molecule has 1 heterocycles. The summed E-state index contributed by atoms with van der Waals surface area (Å²) in [6.07, 6.45) is 0. The first-order chi connectivity index (χ1) is 9.66. The van der Waals surface area contributed by atoms with E-state index in [0.717, 1.165) is 5.56 Å². The van der Waals surface area contributed by atoms with E-state index in [-0.39, 0.29) is 11.8 Å². The van der Waals surface area contributed by atoms with Crippen molar-refractivity contribution >= 4 is 11.9 Å². The molecule has 106 valence electrons. The van der Waals surface area contributed by atoms with Crippen molar-refractivity contribution in [2.24, 2.45) is 5.92 Å². The molecular formula is C14H18N4O2. The maximum absolute atomic E-state index is 11.4. The van der Waals surface area contributed by atoms with Gasteiger partial charge in [-0.25, -0.2) is 0 Å². The van der Waals surface area contributed by atoms with E-state index in [4.69, 9.17) is 4.52 Å². The monoisotopic (exact) mass is 274 g/mol. The van der Waals surface area contributed by atoms with Crippen LogP contribution in [0.1, 0.15) is 13.8 Å². The molecule has 2 N–H and O–H groups in total. The minimum absolute atomic E-state index is 0.00939. The Kier molecular flexibility index (Phi) is 4.70. The number of nitrogens with zero attached hydrogens (tertiary/aromatic N) is 2. The molecule has 6 heteroatoms. The van der Waals surface area contributed by atoms with Gasteiger partial charge in [0, 0.05) is 24.6 Å². The summed E-state index contributed by atoms with van der Waals surface area (Å²) in [5, 5.41) is 9.64. The summed E-state index contributed by atoms with van der Waals surface area (Å²) >= 11 is 0. The summed E-state index contributed by atoms with van der Waals surface area (Å²) in [4.78, 5) is 15.6. The zero-order valence-electron chi connectivity index (χ0n) is 11.6. The van der Waals surface area contributed by atoms with Gasteiger partial charge in [-0.2, -0.15) is 4.98 Å². The number of carbonyl (C=O) groups excluding carboxylic acids is 1. The molecule has 0 spiro atoms. The van der Waals surface area contributed by atoms with Crippen LogP contribution in [0.4, 0.5) is 5.95 Å². The Balaban J connectivity index is 1.81. The van der Waals surface area contributed by atoms with E-state index in [0.29, 0.717) is 24.9 Å². The molecule has 1 aromatic carbocycles. The Morgan fingerprint density at radius 3 is 2.70 bits per heavy atom. The minimum Gasteiger partial charge on any atom is -0.354 e. The van der Waals surface area contributed by atoms with E-state index >= 15 is 0 Å². The average molecular weight is 274 g/mol. The first-order valence-corrected chi connectivity index (χ1v) is 6.57. The number of benzene rings is 1. The zero-order chi connectivity index (χ0) is 14.4. The maximum Gasteiger partial charge on any atom is 0.263 e. The van der Waals surface area contributed by atoms with Crippen LogP contribution in [0, 0.1) is 5.92 Å². The van der Waals surface area contributed by atoms with Crippen LogP contribution < -0.4 is 10.6 Å². The molecule has 2 aromatic rings. The Labute approximate surface area is 117 Å². The van der Waals surface area contributed by atoms with Gasteiger partial charge < -0.3 is 15.2 Å². The lowest BCUT2D eigenvalue weighted by Gasteiger charge is -2.07. The molecular weight excluding hydrogens is 256 g/mol. The number of anilines is 1. The summed E-state index contributed by atoms with van der Waals surface area (Å²) in [5.41, 5.74) is 0.876. The van der Waals surface area contributed by atoms with Gasteiger partial charge >= 0.3 is 0 Å². The molecule has 0 saturated carbocycles. The molecule has 0 aliphatic carbocycles. The summed E-state index contributed by atoms with van der Waals surface area (Å²) in [7, 11) is 0. The summed E-state index contributed by atoms with van der Waals surface area (Å²) in [5.74, 6) is 0.914. The van der Waals surface area contributed by atoms with Gasteiger partial charge in [0.15, 0.2) is 0 Å². The molecule has 0 aliphatic rings. The number of hydrogen-bond acceptors (Lipinski definition) is 5. The number of rotatable bonds is 6. The maximum atomic E-state index is 11.4. The van der Waals surface area contributed by atoms with E-state index < -0.39 is 0 Å². The van der Waals surface area contributed by atoms with Crippen LogP contribution in [0.5, 0.6) is 0 Å². The van der Waals surface area contributed by atoms with Crippen LogP contribution in [0.25, 0.3) is 11.5 Å². The van der Waals surface area contributed by atoms with Gasteiger partial charge in [-0.15, -0.1) is 0 Å².